The van der Waals surface area contributed by atoms with E-state index in [9.17, 15) is 8.42 Å². The van der Waals surface area contributed by atoms with Crippen molar-refractivity contribution in [1.29, 1.82) is 0 Å². The van der Waals surface area contributed by atoms with E-state index in [0.29, 0.717) is 17.2 Å². The quantitative estimate of drug-likeness (QED) is 0.746. The van der Waals surface area contributed by atoms with Gasteiger partial charge in [-0.1, -0.05) is 15.9 Å². The first-order valence-electron chi connectivity index (χ1n) is 5.72. The molecule has 114 valence electrons. The smallest absolute Gasteiger partial charge is 0.266 e. The van der Waals surface area contributed by atoms with Gasteiger partial charge in [0.15, 0.2) is 4.67 Å². The van der Waals surface area contributed by atoms with Crippen LogP contribution in [0.3, 0.4) is 0 Å². The topological polar surface area (TPSA) is 94.6 Å². The molecule has 0 spiro atoms. The van der Waals surface area contributed by atoms with E-state index in [-0.39, 0.29) is 16.1 Å². The van der Waals surface area contributed by atoms with Gasteiger partial charge in [-0.15, -0.1) is 0 Å². The first-order chi connectivity index (χ1) is 9.87. The van der Waals surface area contributed by atoms with E-state index in [0.717, 1.165) is 4.47 Å². The van der Waals surface area contributed by atoms with E-state index >= 15 is 0 Å². The SMILES string of the molecule is COc1ccc(Br)cc1NS(=O)(=O)c1cc(CN)oc1Br. The van der Waals surface area contributed by atoms with Crippen molar-refractivity contribution < 1.29 is 17.6 Å². The number of methoxy groups -OCH3 is 1. The maximum atomic E-state index is 12.4. The molecule has 1 aromatic carbocycles. The summed E-state index contributed by atoms with van der Waals surface area (Å²) < 4.78 is 38.5. The fourth-order valence-corrected chi connectivity index (χ4v) is 4.06. The number of benzene rings is 1. The number of anilines is 1. The van der Waals surface area contributed by atoms with Crippen LogP contribution in [0.2, 0.25) is 0 Å². The Kier molecular flexibility index (Phi) is 4.97. The molecule has 0 aliphatic rings. The number of sulfonamides is 1. The van der Waals surface area contributed by atoms with Crippen molar-refractivity contribution in [3.8, 4) is 5.75 Å². The van der Waals surface area contributed by atoms with Crippen LogP contribution < -0.4 is 15.2 Å². The number of nitrogens with two attached hydrogens (primary N) is 1. The summed E-state index contributed by atoms with van der Waals surface area (Å²) in [6, 6.07) is 6.37. The van der Waals surface area contributed by atoms with Crippen molar-refractivity contribution in [3.63, 3.8) is 0 Å². The summed E-state index contributed by atoms with van der Waals surface area (Å²) in [5, 5.41) is 0. The first-order valence-corrected chi connectivity index (χ1v) is 8.79. The molecule has 2 rings (SSSR count). The van der Waals surface area contributed by atoms with Crippen molar-refractivity contribution in [2.45, 2.75) is 11.4 Å². The molecule has 0 bridgehead atoms. The monoisotopic (exact) mass is 438 g/mol. The van der Waals surface area contributed by atoms with Crippen LogP contribution in [0.4, 0.5) is 5.69 Å². The minimum Gasteiger partial charge on any atom is -0.495 e. The number of nitrogens with one attached hydrogen (secondary N) is 1. The third-order valence-electron chi connectivity index (χ3n) is 2.60. The molecule has 6 nitrogen and oxygen atoms in total. The molecule has 0 aliphatic carbocycles. The van der Waals surface area contributed by atoms with Crippen LogP contribution in [0.1, 0.15) is 5.76 Å². The van der Waals surface area contributed by atoms with Gasteiger partial charge in [-0.3, -0.25) is 4.72 Å². The minimum atomic E-state index is -3.83. The average Bonchev–Trinajstić information content (AvgIpc) is 2.81. The molecule has 3 N–H and O–H groups in total. The van der Waals surface area contributed by atoms with Gasteiger partial charge in [-0.2, -0.15) is 0 Å². The van der Waals surface area contributed by atoms with Gasteiger partial charge in [0.2, 0.25) is 0 Å². The van der Waals surface area contributed by atoms with E-state index < -0.39 is 10.0 Å². The Morgan fingerprint density at radius 2 is 2.05 bits per heavy atom. The van der Waals surface area contributed by atoms with Crippen molar-refractivity contribution in [3.05, 3.63) is 39.2 Å². The van der Waals surface area contributed by atoms with Crippen LogP contribution in [0.5, 0.6) is 5.75 Å². The number of rotatable bonds is 5. The summed E-state index contributed by atoms with van der Waals surface area (Å²) in [4.78, 5) is -0.0232. The molecule has 0 amide bonds. The standard InChI is InChI=1S/C12H12Br2N2O4S/c1-19-10-3-2-7(13)4-9(10)16-21(17,18)11-5-8(6-15)20-12(11)14/h2-5,16H,6,15H2,1H3. The molecule has 9 heteroatoms. The Balaban J connectivity index is 2.41. The van der Waals surface area contributed by atoms with E-state index in [1.165, 1.54) is 13.2 Å². The molecule has 0 unspecified atom stereocenters. The number of halogens is 2. The Hall–Kier alpha value is -1.03. The molecule has 1 aromatic heterocycles. The summed E-state index contributed by atoms with van der Waals surface area (Å²) in [5.41, 5.74) is 5.75. The Morgan fingerprint density at radius 3 is 2.62 bits per heavy atom. The van der Waals surface area contributed by atoms with Crippen LogP contribution in [0.25, 0.3) is 0 Å². The molecule has 0 radical (unpaired) electrons. The third-order valence-corrected chi connectivity index (χ3v) is 5.32. The Bertz CT molecular complexity index is 759. The van der Waals surface area contributed by atoms with Gasteiger partial charge in [0, 0.05) is 10.5 Å². The highest BCUT2D eigenvalue weighted by Crippen LogP contribution is 2.32. The second kappa shape index (κ2) is 6.39. The largest absolute Gasteiger partial charge is 0.495 e. The molecule has 21 heavy (non-hydrogen) atoms. The molecule has 0 atom stereocenters. The highest BCUT2D eigenvalue weighted by Gasteiger charge is 2.23. The summed E-state index contributed by atoms with van der Waals surface area (Å²) in [5.74, 6) is 0.767. The molecule has 1 heterocycles. The third kappa shape index (κ3) is 3.60. The van der Waals surface area contributed by atoms with Crippen molar-refractivity contribution in [1.82, 2.24) is 0 Å². The number of hydrogen-bond donors (Lipinski definition) is 2. The number of ether oxygens (including phenoxy) is 1. The van der Waals surface area contributed by atoms with Crippen LogP contribution >= 0.6 is 31.9 Å². The normalized spacial score (nSPS) is 11.4. The molecule has 0 aliphatic heterocycles. The van der Waals surface area contributed by atoms with Gasteiger partial charge in [0.25, 0.3) is 10.0 Å². The lowest BCUT2D eigenvalue weighted by Crippen LogP contribution is -2.13. The molecule has 0 fully saturated rings. The average molecular weight is 440 g/mol. The van der Waals surface area contributed by atoms with E-state index in [1.54, 1.807) is 18.2 Å². The van der Waals surface area contributed by atoms with Crippen LogP contribution in [0.15, 0.2) is 42.7 Å². The number of hydrogen-bond acceptors (Lipinski definition) is 5. The van der Waals surface area contributed by atoms with Gasteiger partial charge in [0.05, 0.1) is 19.3 Å². The lowest BCUT2D eigenvalue weighted by atomic mass is 10.3. The Labute approximate surface area is 139 Å². The molecule has 2 aromatic rings. The lowest BCUT2D eigenvalue weighted by molar-refractivity contribution is 0.417. The van der Waals surface area contributed by atoms with Crippen molar-refractivity contribution in [2.75, 3.05) is 11.8 Å². The molecule has 0 saturated heterocycles. The second-order valence-corrected chi connectivity index (χ2v) is 7.29. The van der Waals surface area contributed by atoms with Gasteiger partial charge in [-0.25, -0.2) is 8.42 Å². The highest BCUT2D eigenvalue weighted by atomic mass is 79.9. The minimum absolute atomic E-state index is 0.0232. The van der Waals surface area contributed by atoms with Crippen molar-refractivity contribution in [2.24, 2.45) is 5.73 Å². The van der Waals surface area contributed by atoms with E-state index in [2.05, 4.69) is 36.6 Å². The summed E-state index contributed by atoms with van der Waals surface area (Å²) in [6.07, 6.45) is 0. The zero-order valence-electron chi connectivity index (χ0n) is 10.9. The van der Waals surface area contributed by atoms with Crippen LogP contribution in [-0.4, -0.2) is 15.5 Å². The van der Waals surface area contributed by atoms with E-state index in [1.807, 2.05) is 0 Å². The zero-order valence-corrected chi connectivity index (χ0v) is 14.9. The Morgan fingerprint density at radius 1 is 1.33 bits per heavy atom. The highest BCUT2D eigenvalue weighted by molar-refractivity contribution is 9.10. The summed E-state index contributed by atoms with van der Waals surface area (Å²) in [7, 11) is -2.37. The van der Waals surface area contributed by atoms with E-state index in [4.69, 9.17) is 14.9 Å². The first kappa shape index (κ1) is 16.3. The van der Waals surface area contributed by atoms with Gasteiger partial charge < -0.3 is 14.9 Å². The van der Waals surface area contributed by atoms with Crippen LogP contribution in [-0.2, 0) is 16.6 Å². The predicted molar refractivity (Wildman–Crippen MR) is 85.8 cm³/mol. The number of furan rings is 1. The summed E-state index contributed by atoms with van der Waals surface area (Å²) in [6.45, 7) is 0.105. The maximum Gasteiger partial charge on any atom is 0.266 e. The molecular weight excluding hydrogens is 428 g/mol. The van der Waals surface area contributed by atoms with Crippen molar-refractivity contribution >= 4 is 47.6 Å². The molecule has 0 saturated carbocycles. The fraction of sp³-hybridized carbons (Fsp3) is 0.167. The van der Waals surface area contributed by atoms with Crippen LogP contribution in [0, 0.1) is 0 Å². The zero-order chi connectivity index (χ0) is 15.6. The van der Waals surface area contributed by atoms with Gasteiger partial charge in [-0.05, 0) is 34.1 Å². The van der Waals surface area contributed by atoms with Gasteiger partial charge in [0.1, 0.15) is 16.4 Å². The fourth-order valence-electron chi connectivity index (χ4n) is 1.64. The maximum absolute atomic E-state index is 12.4. The van der Waals surface area contributed by atoms with Gasteiger partial charge >= 0.3 is 0 Å². The predicted octanol–water partition coefficient (Wildman–Crippen LogP) is 3.07. The summed E-state index contributed by atoms with van der Waals surface area (Å²) >= 11 is 6.36. The molecular formula is C12H12Br2N2O4S. The lowest BCUT2D eigenvalue weighted by Gasteiger charge is -2.11. The second-order valence-electron chi connectivity index (χ2n) is 4.00.